The molecule has 0 amide bonds. The first kappa shape index (κ1) is 14.4. The molecule has 4 N–H and O–H groups in total. The van der Waals surface area contributed by atoms with E-state index in [0.717, 1.165) is 5.56 Å². The van der Waals surface area contributed by atoms with Gasteiger partial charge in [-0.05, 0) is 47.2 Å². The molecule has 20 heavy (non-hydrogen) atoms. The van der Waals surface area contributed by atoms with Gasteiger partial charge in [-0.15, -0.1) is 10.2 Å². The van der Waals surface area contributed by atoms with E-state index in [1.54, 1.807) is 25.3 Å². The maximum Gasteiger partial charge on any atom is 0.263 e. The number of nitrogens with one attached hydrogen (secondary N) is 1. The molecule has 0 fully saturated rings. The largest absolute Gasteiger partial charge is 0.504 e. The van der Waals surface area contributed by atoms with E-state index in [1.807, 2.05) is 22.6 Å². The third-order valence-electron chi connectivity index (χ3n) is 2.52. The van der Waals surface area contributed by atoms with Crippen LogP contribution in [0, 0.1) is 10.5 Å². The quantitative estimate of drug-likeness (QED) is 0.313. The van der Waals surface area contributed by atoms with Gasteiger partial charge in [0.2, 0.25) is 0 Å². The van der Waals surface area contributed by atoms with E-state index in [-0.39, 0.29) is 5.75 Å². The van der Waals surface area contributed by atoms with Crippen LogP contribution >= 0.6 is 22.6 Å². The average molecular weight is 388 g/mol. The monoisotopic (exact) mass is 388 g/mol. The molecule has 9 heteroatoms. The van der Waals surface area contributed by atoms with Crippen LogP contribution in [0.25, 0.3) is 0 Å². The number of hydrazone groups is 1. The fourth-order valence-electron chi connectivity index (χ4n) is 1.43. The smallest absolute Gasteiger partial charge is 0.263 e. The van der Waals surface area contributed by atoms with E-state index in [0.29, 0.717) is 21.1 Å². The molecule has 0 saturated heterocycles. The summed E-state index contributed by atoms with van der Waals surface area (Å²) in [7, 11) is 1.49. The summed E-state index contributed by atoms with van der Waals surface area (Å²) in [6.45, 7) is 1.73. The average Bonchev–Trinajstić information content (AvgIpc) is 2.74. The minimum atomic E-state index is 0.107. The molecule has 0 bridgehead atoms. The Kier molecular flexibility index (Phi) is 4.27. The van der Waals surface area contributed by atoms with E-state index in [9.17, 15) is 5.11 Å². The summed E-state index contributed by atoms with van der Waals surface area (Å²) in [5.74, 6) is 7.07. The number of benzene rings is 1. The molecule has 0 unspecified atom stereocenters. The van der Waals surface area contributed by atoms with Crippen molar-refractivity contribution in [2.75, 3.05) is 18.4 Å². The van der Waals surface area contributed by atoms with Gasteiger partial charge in [-0.1, -0.05) is 0 Å². The third-order valence-corrected chi connectivity index (χ3v) is 3.34. The van der Waals surface area contributed by atoms with Gasteiger partial charge < -0.3 is 15.7 Å². The summed E-state index contributed by atoms with van der Waals surface area (Å²) in [4.78, 5) is 0. The Labute approximate surface area is 128 Å². The van der Waals surface area contributed by atoms with E-state index < -0.39 is 0 Å². The zero-order valence-corrected chi connectivity index (χ0v) is 13.0. The van der Waals surface area contributed by atoms with Gasteiger partial charge in [0.05, 0.1) is 16.9 Å². The summed E-state index contributed by atoms with van der Waals surface area (Å²) in [5.41, 5.74) is 3.44. The first-order valence-corrected chi connectivity index (χ1v) is 6.63. The van der Waals surface area contributed by atoms with Gasteiger partial charge in [0, 0.05) is 0 Å². The SMILES string of the molecule is COc1cc(/C=N\Nc2nnc(C)n2N)cc(I)c1O. The summed E-state index contributed by atoms with van der Waals surface area (Å²) in [5, 5.41) is 21.3. The molecule has 2 rings (SSSR count). The summed E-state index contributed by atoms with van der Waals surface area (Å²) in [6, 6.07) is 3.43. The van der Waals surface area contributed by atoms with Crippen molar-refractivity contribution < 1.29 is 9.84 Å². The Morgan fingerprint density at radius 3 is 2.85 bits per heavy atom. The maximum atomic E-state index is 9.73. The Bertz CT molecular complexity index is 655. The Morgan fingerprint density at radius 1 is 1.50 bits per heavy atom. The van der Waals surface area contributed by atoms with E-state index in [4.69, 9.17) is 10.6 Å². The number of anilines is 1. The number of aromatic nitrogens is 3. The van der Waals surface area contributed by atoms with Crippen molar-refractivity contribution in [2.45, 2.75) is 6.92 Å². The second-order valence-electron chi connectivity index (χ2n) is 3.86. The molecular formula is C11H13IN6O2. The minimum absolute atomic E-state index is 0.107. The van der Waals surface area contributed by atoms with Gasteiger partial charge in [0.1, 0.15) is 0 Å². The van der Waals surface area contributed by atoms with Crippen molar-refractivity contribution in [1.29, 1.82) is 0 Å². The van der Waals surface area contributed by atoms with Crippen LogP contribution < -0.4 is 16.0 Å². The van der Waals surface area contributed by atoms with Gasteiger partial charge in [-0.25, -0.2) is 10.1 Å². The standard InChI is InChI=1S/C11H13IN6O2/c1-6-15-17-11(18(6)13)16-14-5-7-3-8(12)10(19)9(4-7)20-2/h3-5,19H,13H2,1-2H3,(H,16,17)/b14-5-. The number of phenols is 1. The molecule has 1 aromatic heterocycles. The van der Waals surface area contributed by atoms with Crippen molar-refractivity contribution in [3.63, 3.8) is 0 Å². The molecule has 0 spiro atoms. The van der Waals surface area contributed by atoms with E-state index in [2.05, 4.69) is 20.7 Å². The molecule has 0 radical (unpaired) electrons. The number of nitrogen functional groups attached to an aromatic ring is 1. The van der Waals surface area contributed by atoms with Crippen molar-refractivity contribution >= 4 is 34.8 Å². The van der Waals surface area contributed by atoms with Crippen molar-refractivity contribution in [1.82, 2.24) is 14.9 Å². The summed E-state index contributed by atoms with van der Waals surface area (Å²) >= 11 is 2.01. The first-order valence-electron chi connectivity index (χ1n) is 5.55. The number of nitrogens with two attached hydrogens (primary N) is 1. The highest BCUT2D eigenvalue weighted by atomic mass is 127. The number of methoxy groups -OCH3 is 1. The lowest BCUT2D eigenvalue weighted by molar-refractivity contribution is 0.371. The topological polar surface area (TPSA) is 111 Å². The molecule has 0 aliphatic carbocycles. The molecule has 0 aliphatic heterocycles. The molecule has 8 nitrogen and oxygen atoms in total. The van der Waals surface area contributed by atoms with E-state index in [1.165, 1.54) is 11.8 Å². The molecule has 0 saturated carbocycles. The van der Waals surface area contributed by atoms with Gasteiger partial charge in [-0.2, -0.15) is 5.10 Å². The Hall–Kier alpha value is -2.04. The van der Waals surface area contributed by atoms with Crippen LogP contribution in [0.15, 0.2) is 17.2 Å². The molecule has 0 aliphatic rings. The minimum Gasteiger partial charge on any atom is -0.504 e. The van der Waals surface area contributed by atoms with Crippen molar-refractivity contribution in [2.24, 2.45) is 5.10 Å². The second-order valence-corrected chi connectivity index (χ2v) is 5.03. The number of aryl methyl sites for hydroxylation is 1. The number of hydrogen-bond acceptors (Lipinski definition) is 7. The van der Waals surface area contributed by atoms with Gasteiger partial charge >= 0.3 is 0 Å². The number of hydrogen-bond donors (Lipinski definition) is 3. The summed E-state index contributed by atoms with van der Waals surface area (Å²) in [6.07, 6.45) is 1.56. The highest BCUT2D eigenvalue weighted by Crippen LogP contribution is 2.31. The van der Waals surface area contributed by atoms with Crippen LogP contribution in [-0.4, -0.2) is 33.3 Å². The number of ether oxygens (including phenoxy) is 1. The van der Waals surface area contributed by atoms with Crippen molar-refractivity contribution in [3.05, 3.63) is 27.1 Å². The predicted octanol–water partition coefficient (Wildman–Crippen LogP) is 1.07. The highest BCUT2D eigenvalue weighted by molar-refractivity contribution is 14.1. The molecular weight excluding hydrogens is 375 g/mol. The lowest BCUT2D eigenvalue weighted by atomic mass is 10.2. The highest BCUT2D eigenvalue weighted by Gasteiger charge is 2.07. The number of halogens is 1. The van der Waals surface area contributed by atoms with Gasteiger partial charge in [0.25, 0.3) is 5.95 Å². The zero-order valence-electron chi connectivity index (χ0n) is 10.8. The van der Waals surface area contributed by atoms with Crippen LogP contribution in [0.1, 0.15) is 11.4 Å². The van der Waals surface area contributed by atoms with Crippen LogP contribution in [0.3, 0.4) is 0 Å². The lowest BCUT2D eigenvalue weighted by Gasteiger charge is -2.06. The Morgan fingerprint density at radius 2 is 2.25 bits per heavy atom. The third kappa shape index (κ3) is 2.92. The molecule has 2 aromatic rings. The molecule has 106 valence electrons. The molecule has 0 atom stereocenters. The molecule has 1 heterocycles. The number of rotatable bonds is 4. The lowest BCUT2D eigenvalue weighted by Crippen LogP contribution is -2.13. The van der Waals surface area contributed by atoms with Gasteiger partial charge in [-0.3, -0.25) is 0 Å². The Balaban J connectivity index is 2.16. The second kappa shape index (κ2) is 5.94. The molecule has 1 aromatic carbocycles. The van der Waals surface area contributed by atoms with Crippen molar-refractivity contribution in [3.8, 4) is 11.5 Å². The normalized spacial score (nSPS) is 10.9. The predicted molar refractivity (Wildman–Crippen MR) is 83.5 cm³/mol. The van der Waals surface area contributed by atoms with Crippen LogP contribution in [0.2, 0.25) is 0 Å². The number of phenolic OH excluding ortho intramolecular Hbond substituents is 1. The zero-order chi connectivity index (χ0) is 14.7. The number of nitrogens with zero attached hydrogens (tertiary/aromatic N) is 4. The maximum absolute atomic E-state index is 9.73. The van der Waals surface area contributed by atoms with Crippen LogP contribution in [-0.2, 0) is 0 Å². The van der Waals surface area contributed by atoms with E-state index >= 15 is 0 Å². The number of aromatic hydroxyl groups is 1. The fourth-order valence-corrected chi connectivity index (χ4v) is 2.06. The van der Waals surface area contributed by atoms with Crippen LogP contribution in [0.5, 0.6) is 11.5 Å². The fraction of sp³-hybridized carbons (Fsp3) is 0.182. The first-order chi connectivity index (χ1) is 9.52. The van der Waals surface area contributed by atoms with Gasteiger partial charge in [0.15, 0.2) is 17.3 Å². The summed E-state index contributed by atoms with van der Waals surface area (Å²) < 4.78 is 7.03. The van der Waals surface area contributed by atoms with Crippen LogP contribution in [0.4, 0.5) is 5.95 Å².